The van der Waals surface area contributed by atoms with E-state index in [-0.39, 0.29) is 17.4 Å². The van der Waals surface area contributed by atoms with Crippen LogP contribution in [0.2, 0.25) is 0 Å². The fraction of sp³-hybridized carbons (Fsp3) is 0.941. The topological polar surface area (TPSA) is 52.6 Å². The van der Waals surface area contributed by atoms with Crippen LogP contribution in [0.5, 0.6) is 0 Å². The van der Waals surface area contributed by atoms with Crippen LogP contribution in [0.1, 0.15) is 53.4 Å². The summed E-state index contributed by atoms with van der Waals surface area (Å²) < 4.78 is 0. The van der Waals surface area contributed by atoms with E-state index >= 15 is 0 Å². The molecule has 2 N–H and O–H groups in total. The Morgan fingerprint density at radius 2 is 2.00 bits per heavy atom. The van der Waals surface area contributed by atoms with E-state index in [9.17, 15) is 9.90 Å². The van der Waals surface area contributed by atoms with Crippen LogP contribution in [-0.4, -0.2) is 47.7 Å². The van der Waals surface area contributed by atoms with Crippen molar-refractivity contribution in [1.29, 1.82) is 0 Å². The van der Waals surface area contributed by atoms with Crippen LogP contribution < -0.4 is 5.32 Å². The van der Waals surface area contributed by atoms with Gasteiger partial charge in [0.05, 0.1) is 6.10 Å². The minimum absolute atomic E-state index is 0.156. The van der Waals surface area contributed by atoms with E-state index in [2.05, 4.69) is 26.1 Å². The summed E-state index contributed by atoms with van der Waals surface area (Å²) in [5.74, 6) is 1.11. The predicted molar refractivity (Wildman–Crippen MR) is 85.0 cm³/mol. The van der Waals surface area contributed by atoms with Crippen molar-refractivity contribution in [3.05, 3.63) is 0 Å². The molecule has 0 radical (unpaired) electrons. The highest BCUT2D eigenvalue weighted by Gasteiger charge is 2.35. The van der Waals surface area contributed by atoms with Crippen LogP contribution in [0.3, 0.4) is 0 Å². The number of hydrogen-bond acceptors (Lipinski definition) is 3. The minimum atomic E-state index is -0.162. The lowest BCUT2D eigenvalue weighted by atomic mass is 9.87. The molecule has 1 saturated carbocycles. The van der Waals surface area contributed by atoms with Gasteiger partial charge in [0.25, 0.3) is 0 Å². The number of nitrogens with one attached hydrogen (secondary N) is 1. The van der Waals surface area contributed by atoms with Crippen molar-refractivity contribution < 1.29 is 9.90 Å². The number of carbonyl (C=O) groups excluding carboxylic acids is 1. The Hall–Kier alpha value is -0.610. The van der Waals surface area contributed by atoms with E-state index < -0.39 is 0 Å². The zero-order valence-corrected chi connectivity index (χ0v) is 14.1. The first-order chi connectivity index (χ1) is 9.74. The molecule has 0 aromatic carbocycles. The van der Waals surface area contributed by atoms with Gasteiger partial charge in [-0.25, -0.2) is 0 Å². The van der Waals surface area contributed by atoms with Gasteiger partial charge >= 0.3 is 0 Å². The Morgan fingerprint density at radius 3 is 2.52 bits per heavy atom. The lowest BCUT2D eigenvalue weighted by Crippen LogP contribution is -2.52. The maximum Gasteiger partial charge on any atom is 0.219 e. The molecule has 1 heterocycles. The van der Waals surface area contributed by atoms with Gasteiger partial charge in [0.2, 0.25) is 5.91 Å². The van der Waals surface area contributed by atoms with E-state index in [1.165, 1.54) is 12.8 Å². The molecule has 1 aliphatic heterocycles. The third-order valence-corrected chi connectivity index (χ3v) is 4.64. The smallest absolute Gasteiger partial charge is 0.219 e. The van der Waals surface area contributed by atoms with Crippen molar-refractivity contribution in [2.45, 2.75) is 65.5 Å². The predicted octanol–water partition coefficient (Wildman–Crippen LogP) is 2.02. The Balaban J connectivity index is 1.89. The van der Waals surface area contributed by atoms with E-state index in [1.54, 1.807) is 6.92 Å². The Bertz CT molecular complexity index is 360. The molecule has 0 bridgehead atoms. The van der Waals surface area contributed by atoms with E-state index in [4.69, 9.17) is 0 Å². The first kappa shape index (κ1) is 16.8. The highest BCUT2D eigenvalue weighted by Crippen LogP contribution is 2.36. The van der Waals surface area contributed by atoms with Crippen molar-refractivity contribution in [1.82, 2.24) is 10.2 Å². The van der Waals surface area contributed by atoms with Gasteiger partial charge in [-0.05, 0) is 42.9 Å². The summed E-state index contributed by atoms with van der Waals surface area (Å²) in [4.78, 5) is 13.7. The zero-order valence-electron chi connectivity index (χ0n) is 14.1. The van der Waals surface area contributed by atoms with Crippen LogP contribution in [0.25, 0.3) is 0 Å². The van der Waals surface area contributed by atoms with Gasteiger partial charge in [-0.1, -0.05) is 20.8 Å². The van der Waals surface area contributed by atoms with E-state index in [1.807, 2.05) is 4.90 Å². The normalized spacial score (nSPS) is 28.5. The monoisotopic (exact) mass is 296 g/mol. The second-order valence-electron chi connectivity index (χ2n) is 8.30. The number of nitrogens with zero attached hydrogens (tertiary/aromatic N) is 1. The number of hydrogen-bond donors (Lipinski definition) is 2. The molecule has 1 amide bonds. The number of aliphatic hydroxyl groups excluding tert-OH is 1. The molecule has 21 heavy (non-hydrogen) atoms. The molecule has 2 fully saturated rings. The molecule has 2 rings (SSSR count). The number of likely N-dealkylation sites (tertiary alicyclic amines) is 1. The number of rotatable bonds is 5. The summed E-state index contributed by atoms with van der Waals surface area (Å²) in [7, 11) is 0. The largest absolute Gasteiger partial charge is 0.393 e. The standard InChI is InChI=1S/C17H32N2O2/c1-12(20)19-9-13(8-16(21)14-5-6-14)7-15(10-19)18-11-17(2,3)4/h13-16,18,21H,5-11H2,1-4H3. The number of piperidine rings is 1. The zero-order chi connectivity index (χ0) is 15.6. The minimum Gasteiger partial charge on any atom is -0.393 e. The van der Waals surface area contributed by atoms with Crippen molar-refractivity contribution in [3.63, 3.8) is 0 Å². The van der Waals surface area contributed by atoms with Crippen LogP contribution in [0.4, 0.5) is 0 Å². The van der Waals surface area contributed by atoms with E-state index in [0.717, 1.165) is 32.5 Å². The van der Waals surface area contributed by atoms with Crippen molar-refractivity contribution in [2.24, 2.45) is 17.3 Å². The molecular formula is C17H32N2O2. The van der Waals surface area contributed by atoms with Gasteiger partial charge < -0.3 is 15.3 Å². The summed E-state index contributed by atoms with van der Waals surface area (Å²) in [6.45, 7) is 10.9. The molecule has 1 aliphatic carbocycles. The third kappa shape index (κ3) is 5.59. The Morgan fingerprint density at radius 1 is 1.33 bits per heavy atom. The van der Waals surface area contributed by atoms with Gasteiger partial charge in [-0.15, -0.1) is 0 Å². The summed E-state index contributed by atoms with van der Waals surface area (Å²) >= 11 is 0. The van der Waals surface area contributed by atoms with Crippen LogP contribution in [0, 0.1) is 17.3 Å². The van der Waals surface area contributed by atoms with Crippen molar-refractivity contribution in [2.75, 3.05) is 19.6 Å². The summed E-state index contributed by atoms with van der Waals surface area (Å²) in [6, 6.07) is 0.360. The first-order valence-electron chi connectivity index (χ1n) is 8.41. The summed E-state index contributed by atoms with van der Waals surface area (Å²) in [5, 5.41) is 13.8. The SMILES string of the molecule is CC(=O)N1CC(CC(O)C2CC2)CC(NCC(C)(C)C)C1. The fourth-order valence-corrected chi connectivity index (χ4v) is 3.24. The molecule has 3 unspecified atom stereocenters. The number of amides is 1. The fourth-order valence-electron chi connectivity index (χ4n) is 3.24. The van der Waals surface area contributed by atoms with Crippen LogP contribution in [0.15, 0.2) is 0 Å². The highest BCUT2D eigenvalue weighted by molar-refractivity contribution is 5.73. The summed E-state index contributed by atoms with van der Waals surface area (Å²) in [5.41, 5.74) is 0.252. The molecule has 4 nitrogen and oxygen atoms in total. The molecule has 0 aromatic heterocycles. The maximum absolute atomic E-state index is 11.8. The van der Waals surface area contributed by atoms with Crippen LogP contribution in [-0.2, 0) is 4.79 Å². The van der Waals surface area contributed by atoms with Gasteiger partial charge in [0, 0.05) is 32.6 Å². The van der Waals surface area contributed by atoms with Crippen molar-refractivity contribution >= 4 is 5.91 Å². The molecule has 1 saturated heterocycles. The van der Waals surface area contributed by atoms with Gasteiger partial charge in [0.1, 0.15) is 0 Å². The number of aliphatic hydroxyl groups is 1. The second kappa shape index (κ2) is 6.66. The average Bonchev–Trinajstić information content (AvgIpc) is 3.19. The lowest BCUT2D eigenvalue weighted by Gasteiger charge is -2.39. The van der Waals surface area contributed by atoms with Gasteiger partial charge in [0.15, 0.2) is 0 Å². The van der Waals surface area contributed by atoms with Gasteiger partial charge in [-0.3, -0.25) is 4.79 Å². The van der Waals surface area contributed by atoms with Crippen molar-refractivity contribution in [3.8, 4) is 0 Å². The van der Waals surface area contributed by atoms with Crippen LogP contribution >= 0.6 is 0 Å². The second-order valence-corrected chi connectivity index (χ2v) is 8.30. The third-order valence-electron chi connectivity index (χ3n) is 4.64. The molecular weight excluding hydrogens is 264 g/mol. The van der Waals surface area contributed by atoms with Gasteiger partial charge in [-0.2, -0.15) is 0 Å². The quantitative estimate of drug-likeness (QED) is 0.816. The molecule has 3 atom stereocenters. The Kier molecular flexibility index (Phi) is 5.31. The molecule has 0 spiro atoms. The molecule has 2 aliphatic rings. The molecule has 0 aromatic rings. The lowest BCUT2D eigenvalue weighted by molar-refractivity contribution is -0.131. The first-order valence-corrected chi connectivity index (χ1v) is 8.41. The molecule has 4 heteroatoms. The number of carbonyl (C=O) groups is 1. The maximum atomic E-state index is 11.8. The highest BCUT2D eigenvalue weighted by atomic mass is 16.3. The van der Waals surface area contributed by atoms with E-state index in [0.29, 0.717) is 17.9 Å². The Labute approximate surface area is 129 Å². The summed E-state index contributed by atoms with van der Waals surface area (Å²) in [6.07, 6.45) is 4.11. The average molecular weight is 296 g/mol. The molecule has 122 valence electrons.